The average molecular weight is 440 g/mol. The SMILES string of the molecule is Cc1c(-c2cc(Sc3ccccc3C#N)c3c(C#N)cnn3c2)cnn1[C@@H]1CCCNC1. The van der Waals surface area contributed by atoms with Crippen molar-refractivity contribution in [2.75, 3.05) is 13.1 Å². The second-order valence-corrected chi connectivity index (χ2v) is 8.94. The number of hydrogen-bond acceptors (Lipinski definition) is 6. The van der Waals surface area contributed by atoms with Crippen molar-refractivity contribution in [2.45, 2.75) is 35.6 Å². The minimum atomic E-state index is 0.354. The van der Waals surface area contributed by atoms with Crippen LogP contribution >= 0.6 is 11.8 Å². The molecule has 0 spiro atoms. The van der Waals surface area contributed by atoms with Crippen molar-refractivity contribution in [1.29, 1.82) is 10.5 Å². The molecule has 1 aromatic carbocycles. The molecule has 4 heterocycles. The van der Waals surface area contributed by atoms with Crippen LogP contribution in [0.25, 0.3) is 16.6 Å². The van der Waals surface area contributed by atoms with E-state index < -0.39 is 0 Å². The second kappa shape index (κ2) is 8.51. The van der Waals surface area contributed by atoms with Gasteiger partial charge in [0.15, 0.2) is 0 Å². The first-order valence-electron chi connectivity index (χ1n) is 10.5. The second-order valence-electron chi connectivity index (χ2n) is 7.85. The number of aromatic nitrogens is 4. The predicted molar refractivity (Wildman–Crippen MR) is 122 cm³/mol. The Morgan fingerprint density at radius 1 is 1.09 bits per heavy atom. The summed E-state index contributed by atoms with van der Waals surface area (Å²) in [5, 5.41) is 31.7. The van der Waals surface area contributed by atoms with Crippen molar-refractivity contribution in [3.63, 3.8) is 0 Å². The van der Waals surface area contributed by atoms with Crippen LogP contribution < -0.4 is 5.32 Å². The van der Waals surface area contributed by atoms with Crippen molar-refractivity contribution in [1.82, 2.24) is 24.7 Å². The van der Waals surface area contributed by atoms with Crippen molar-refractivity contribution in [2.24, 2.45) is 0 Å². The summed E-state index contributed by atoms with van der Waals surface area (Å²) in [4.78, 5) is 1.73. The van der Waals surface area contributed by atoms with E-state index in [2.05, 4.69) is 40.2 Å². The van der Waals surface area contributed by atoms with E-state index in [1.807, 2.05) is 30.6 Å². The van der Waals surface area contributed by atoms with Crippen LogP contribution in [-0.4, -0.2) is 32.5 Å². The number of piperidine rings is 1. The number of benzene rings is 1. The van der Waals surface area contributed by atoms with Gasteiger partial charge in [0.1, 0.15) is 12.1 Å². The quantitative estimate of drug-likeness (QED) is 0.509. The van der Waals surface area contributed by atoms with Gasteiger partial charge in [0.25, 0.3) is 0 Å². The predicted octanol–water partition coefficient (Wildman–Crippen LogP) is 4.33. The van der Waals surface area contributed by atoms with Crippen molar-refractivity contribution < 1.29 is 0 Å². The molecule has 1 aliphatic heterocycles. The fraction of sp³-hybridized carbons (Fsp3) is 0.250. The van der Waals surface area contributed by atoms with Gasteiger partial charge in [-0.2, -0.15) is 20.7 Å². The molecule has 0 bridgehead atoms. The number of rotatable bonds is 4. The first kappa shape index (κ1) is 20.3. The summed E-state index contributed by atoms with van der Waals surface area (Å²) in [6.45, 7) is 4.09. The molecule has 5 rings (SSSR count). The highest BCUT2D eigenvalue weighted by Crippen LogP contribution is 2.38. The third-order valence-corrected chi connectivity index (χ3v) is 7.00. The van der Waals surface area contributed by atoms with Crippen LogP contribution in [-0.2, 0) is 0 Å². The smallest absolute Gasteiger partial charge is 0.103 e. The van der Waals surface area contributed by atoms with Gasteiger partial charge < -0.3 is 5.32 Å². The zero-order chi connectivity index (χ0) is 22.1. The minimum absolute atomic E-state index is 0.354. The highest BCUT2D eigenvalue weighted by molar-refractivity contribution is 7.99. The molecule has 1 saturated heterocycles. The Balaban J connectivity index is 1.62. The van der Waals surface area contributed by atoms with Crippen LogP contribution in [0, 0.1) is 29.6 Å². The maximum atomic E-state index is 9.61. The Labute approximate surface area is 190 Å². The van der Waals surface area contributed by atoms with Gasteiger partial charge in [0.05, 0.1) is 35.1 Å². The molecule has 0 aliphatic carbocycles. The fourth-order valence-corrected chi connectivity index (χ4v) is 5.37. The van der Waals surface area contributed by atoms with Gasteiger partial charge in [0.2, 0.25) is 0 Å². The van der Waals surface area contributed by atoms with Crippen LogP contribution in [0.4, 0.5) is 0 Å². The van der Waals surface area contributed by atoms with Gasteiger partial charge in [0, 0.05) is 39.4 Å². The van der Waals surface area contributed by atoms with Gasteiger partial charge in [-0.1, -0.05) is 23.9 Å². The highest BCUT2D eigenvalue weighted by atomic mass is 32.2. The van der Waals surface area contributed by atoms with E-state index >= 15 is 0 Å². The van der Waals surface area contributed by atoms with Crippen molar-refractivity contribution >= 4 is 17.3 Å². The first-order valence-corrected chi connectivity index (χ1v) is 11.3. The first-order chi connectivity index (χ1) is 15.7. The molecule has 4 aromatic rings. The van der Waals surface area contributed by atoms with E-state index in [9.17, 15) is 10.5 Å². The molecule has 158 valence electrons. The van der Waals surface area contributed by atoms with Crippen LogP contribution in [0.1, 0.15) is 35.7 Å². The summed E-state index contributed by atoms with van der Waals surface area (Å²) in [7, 11) is 0. The fourth-order valence-electron chi connectivity index (χ4n) is 4.27. The lowest BCUT2D eigenvalue weighted by atomic mass is 10.1. The molecule has 1 atom stereocenters. The molecular weight excluding hydrogens is 418 g/mol. The number of nitrogens with zero attached hydrogens (tertiary/aromatic N) is 6. The molecule has 32 heavy (non-hydrogen) atoms. The highest BCUT2D eigenvalue weighted by Gasteiger charge is 2.21. The van der Waals surface area contributed by atoms with Gasteiger partial charge in [-0.25, -0.2) is 4.52 Å². The molecule has 1 fully saturated rings. The molecule has 1 aliphatic rings. The summed E-state index contributed by atoms with van der Waals surface area (Å²) >= 11 is 1.48. The summed E-state index contributed by atoms with van der Waals surface area (Å²) in [6, 6.07) is 14.4. The van der Waals surface area contributed by atoms with E-state index in [-0.39, 0.29) is 0 Å². The van der Waals surface area contributed by atoms with E-state index in [0.717, 1.165) is 58.1 Å². The molecule has 8 heteroatoms. The summed E-state index contributed by atoms with van der Waals surface area (Å²) in [6.07, 6.45) is 7.71. The van der Waals surface area contributed by atoms with E-state index in [4.69, 9.17) is 5.10 Å². The Bertz CT molecular complexity index is 1380. The summed E-state index contributed by atoms with van der Waals surface area (Å²) < 4.78 is 3.87. The zero-order valence-corrected chi connectivity index (χ0v) is 18.4. The standard InChI is InChI=1S/C24H21N7S/c1-16-21(14-29-31(16)20-6-4-8-27-13-20)18-9-23(24-19(11-26)12-28-30(24)15-18)32-22-7-3-2-5-17(22)10-25/h2-3,5,7,9,12,14-15,20,27H,4,6,8,13H2,1H3/t20-/m1/s1. The molecule has 0 unspecified atom stereocenters. The molecule has 1 N–H and O–H groups in total. The Morgan fingerprint density at radius 2 is 1.94 bits per heavy atom. The largest absolute Gasteiger partial charge is 0.315 e. The monoisotopic (exact) mass is 439 g/mol. The van der Waals surface area contributed by atoms with Crippen molar-refractivity contribution in [3.8, 4) is 23.3 Å². The zero-order valence-electron chi connectivity index (χ0n) is 17.6. The van der Waals surface area contributed by atoms with Crippen LogP contribution in [0.15, 0.2) is 58.7 Å². The molecule has 0 amide bonds. The number of nitriles is 2. The lowest BCUT2D eigenvalue weighted by Gasteiger charge is -2.24. The maximum absolute atomic E-state index is 9.61. The summed E-state index contributed by atoms with van der Waals surface area (Å²) in [5.41, 5.74) is 4.99. The molecular formula is C24H21N7S. The van der Waals surface area contributed by atoms with E-state index in [1.165, 1.54) is 11.8 Å². The molecule has 7 nitrogen and oxygen atoms in total. The van der Waals surface area contributed by atoms with Crippen LogP contribution in [0.2, 0.25) is 0 Å². The molecule has 0 radical (unpaired) electrons. The van der Waals surface area contributed by atoms with Gasteiger partial charge in [-0.3, -0.25) is 4.68 Å². The topological polar surface area (TPSA) is 94.7 Å². The van der Waals surface area contributed by atoms with E-state index in [0.29, 0.717) is 17.2 Å². The van der Waals surface area contributed by atoms with Gasteiger partial charge >= 0.3 is 0 Å². The lowest BCUT2D eigenvalue weighted by Crippen LogP contribution is -2.32. The third-order valence-electron chi connectivity index (χ3n) is 5.90. The minimum Gasteiger partial charge on any atom is -0.315 e. The third kappa shape index (κ3) is 3.54. The van der Waals surface area contributed by atoms with Gasteiger partial charge in [-0.15, -0.1) is 0 Å². The van der Waals surface area contributed by atoms with Gasteiger partial charge in [-0.05, 0) is 44.5 Å². The number of fused-ring (bicyclic) bond motifs is 1. The number of hydrogen-bond donors (Lipinski definition) is 1. The Morgan fingerprint density at radius 3 is 2.72 bits per heavy atom. The average Bonchev–Trinajstić information content (AvgIpc) is 3.43. The normalized spacial score (nSPS) is 16.0. The van der Waals surface area contributed by atoms with Crippen LogP contribution in [0.5, 0.6) is 0 Å². The van der Waals surface area contributed by atoms with E-state index in [1.54, 1.807) is 16.8 Å². The van der Waals surface area contributed by atoms with Crippen LogP contribution in [0.3, 0.4) is 0 Å². The number of pyridine rings is 1. The van der Waals surface area contributed by atoms with Crippen molar-refractivity contribution in [3.05, 3.63) is 65.7 Å². The lowest BCUT2D eigenvalue weighted by molar-refractivity contribution is 0.342. The number of nitrogens with one attached hydrogen (secondary N) is 1. The Kier molecular flexibility index (Phi) is 5.40. The maximum Gasteiger partial charge on any atom is 0.103 e. The molecule has 0 saturated carbocycles. The summed E-state index contributed by atoms with van der Waals surface area (Å²) in [5.74, 6) is 0. The molecule has 3 aromatic heterocycles. The Hall–Kier alpha value is -3.59.